The van der Waals surface area contributed by atoms with Gasteiger partial charge in [0, 0.05) is 6.42 Å². The lowest BCUT2D eigenvalue weighted by Gasteiger charge is -1.98. The number of hydrogen-bond acceptors (Lipinski definition) is 3. The number of Topliss-reactive ketones (excluding diaryl/α,β-unsaturated/α-hetero) is 1. The quantitative estimate of drug-likeness (QED) is 0.513. The molecular formula is C5H11NO2. The van der Waals surface area contributed by atoms with Crippen molar-refractivity contribution in [1.82, 2.24) is 0 Å². The maximum atomic E-state index is 10.4. The van der Waals surface area contributed by atoms with Crippen molar-refractivity contribution in [3.63, 3.8) is 0 Å². The van der Waals surface area contributed by atoms with Gasteiger partial charge in [-0.25, -0.2) is 0 Å². The lowest BCUT2D eigenvalue weighted by atomic mass is 10.2. The van der Waals surface area contributed by atoms with Gasteiger partial charge in [-0.1, -0.05) is 0 Å². The lowest BCUT2D eigenvalue weighted by Crippen LogP contribution is -2.19. The smallest absolute Gasteiger partial charge is 0.162 e. The summed E-state index contributed by atoms with van der Waals surface area (Å²) in [6.07, 6.45) is -0.573. The van der Waals surface area contributed by atoms with E-state index >= 15 is 0 Å². The second-order valence-corrected chi connectivity index (χ2v) is 1.68. The minimum atomic E-state index is -0.849. The van der Waals surface area contributed by atoms with E-state index in [4.69, 9.17) is 10.8 Å². The van der Waals surface area contributed by atoms with Crippen molar-refractivity contribution in [1.29, 1.82) is 0 Å². The van der Waals surface area contributed by atoms with Crippen LogP contribution in [-0.2, 0) is 4.79 Å². The van der Waals surface area contributed by atoms with E-state index in [2.05, 4.69) is 0 Å². The Bertz CT molecular complexity index is 80.5. The molecule has 0 aliphatic heterocycles. The molecule has 0 aliphatic rings. The Morgan fingerprint density at radius 3 is 2.50 bits per heavy atom. The van der Waals surface area contributed by atoms with Crippen LogP contribution in [0.15, 0.2) is 0 Å². The van der Waals surface area contributed by atoms with Gasteiger partial charge in [-0.3, -0.25) is 4.79 Å². The Balaban J connectivity index is 3.33. The summed E-state index contributed by atoms with van der Waals surface area (Å²) in [6, 6.07) is 0. The molecule has 0 fully saturated rings. The zero-order valence-corrected chi connectivity index (χ0v) is 4.92. The first-order chi connectivity index (χ1) is 3.68. The van der Waals surface area contributed by atoms with E-state index in [1.807, 2.05) is 0 Å². The number of carbonyl (C=O) groups excluding carboxylic acids is 1. The minimum absolute atomic E-state index is 0.187. The van der Waals surface area contributed by atoms with E-state index in [-0.39, 0.29) is 12.2 Å². The van der Waals surface area contributed by atoms with E-state index in [0.717, 1.165) is 0 Å². The highest BCUT2D eigenvalue weighted by molar-refractivity contribution is 5.82. The Kier molecular flexibility index (Phi) is 3.39. The molecule has 0 spiro atoms. The van der Waals surface area contributed by atoms with Gasteiger partial charge >= 0.3 is 0 Å². The molecular weight excluding hydrogens is 106 g/mol. The molecule has 0 saturated heterocycles. The fourth-order valence-corrected chi connectivity index (χ4v) is 0.351. The minimum Gasteiger partial charge on any atom is -0.386 e. The molecule has 3 nitrogen and oxygen atoms in total. The molecule has 0 radical (unpaired) electrons. The van der Waals surface area contributed by atoms with Gasteiger partial charge < -0.3 is 10.8 Å². The third-order valence-corrected chi connectivity index (χ3v) is 0.857. The van der Waals surface area contributed by atoms with Crippen molar-refractivity contribution in [3.05, 3.63) is 0 Å². The van der Waals surface area contributed by atoms with Crippen molar-refractivity contribution < 1.29 is 9.90 Å². The van der Waals surface area contributed by atoms with Crippen molar-refractivity contribution in [3.8, 4) is 0 Å². The van der Waals surface area contributed by atoms with Crippen molar-refractivity contribution in [2.45, 2.75) is 19.4 Å². The summed E-state index contributed by atoms with van der Waals surface area (Å²) in [7, 11) is 0. The number of ketones is 1. The molecule has 48 valence electrons. The molecule has 0 aromatic rings. The van der Waals surface area contributed by atoms with Gasteiger partial charge in [0.05, 0.1) is 0 Å². The first-order valence-corrected chi connectivity index (χ1v) is 2.59. The van der Waals surface area contributed by atoms with Crippen LogP contribution < -0.4 is 5.73 Å². The summed E-state index contributed by atoms with van der Waals surface area (Å²) in [5, 5.41) is 8.55. The standard InChI is InChI=1S/C5H11NO2/c1-4(7)5(8)2-3-6/h4,7H,2-3,6H2,1H3. The molecule has 0 heterocycles. The number of aliphatic hydroxyl groups excluding tert-OH is 1. The van der Waals surface area contributed by atoms with Crippen molar-refractivity contribution in [2.75, 3.05) is 6.54 Å². The van der Waals surface area contributed by atoms with Gasteiger partial charge in [0.25, 0.3) is 0 Å². The molecule has 3 N–H and O–H groups in total. The molecule has 8 heavy (non-hydrogen) atoms. The molecule has 0 amide bonds. The molecule has 1 unspecified atom stereocenters. The highest BCUT2D eigenvalue weighted by Crippen LogP contribution is 1.86. The van der Waals surface area contributed by atoms with Gasteiger partial charge in [-0.05, 0) is 13.5 Å². The third kappa shape index (κ3) is 2.71. The summed E-state index contributed by atoms with van der Waals surface area (Å²) in [5.74, 6) is -0.187. The van der Waals surface area contributed by atoms with Crippen LogP contribution in [0.2, 0.25) is 0 Å². The molecule has 0 bridgehead atoms. The molecule has 0 aromatic carbocycles. The van der Waals surface area contributed by atoms with Gasteiger partial charge in [-0.2, -0.15) is 0 Å². The van der Waals surface area contributed by atoms with Crippen LogP contribution in [0.25, 0.3) is 0 Å². The molecule has 0 aliphatic carbocycles. The van der Waals surface area contributed by atoms with Crippen LogP contribution in [0.3, 0.4) is 0 Å². The first kappa shape index (κ1) is 7.59. The Morgan fingerprint density at radius 2 is 2.38 bits per heavy atom. The summed E-state index contributed by atoms with van der Waals surface area (Å²) >= 11 is 0. The van der Waals surface area contributed by atoms with Gasteiger partial charge in [-0.15, -0.1) is 0 Å². The number of hydrogen-bond donors (Lipinski definition) is 2. The Morgan fingerprint density at radius 1 is 1.88 bits per heavy atom. The van der Waals surface area contributed by atoms with Crippen LogP contribution in [-0.4, -0.2) is 23.5 Å². The normalized spacial score (nSPS) is 13.4. The predicted octanol–water partition coefficient (Wildman–Crippen LogP) is -0.715. The zero-order valence-electron chi connectivity index (χ0n) is 4.92. The van der Waals surface area contributed by atoms with Gasteiger partial charge in [0.2, 0.25) is 0 Å². The van der Waals surface area contributed by atoms with E-state index < -0.39 is 6.10 Å². The lowest BCUT2D eigenvalue weighted by molar-refractivity contribution is -0.126. The van der Waals surface area contributed by atoms with Gasteiger partial charge in [0.1, 0.15) is 6.10 Å². The van der Waals surface area contributed by atoms with Gasteiger partial charge in [0.15, 0.2) is 5.78 Å². The average Bonchev–Trinajstić information content (AvgIpc) is 1.67. The molecule has 3 heteroatoms. The number of carbonyl (C=O) groups is 1. The maximum Gasteiger partial charge on any atom is 0.162 e. The van der Waals surface area contributed by atoms with E-state index in [0.29, 0.717) is 6.54 Å². The van der Waals surface area contributed by atoms with E-state index in [1.165, 1.54) is 6.92 Å². The SMILES string of the molecule is CC(O)C(=O)CCN. The van der Waals surface area contributed by atoms with Crippen molar-refractivity contribution >= 4 is 5.78 Å². The monoisotopic (exact) mass is 117 g/mol. The topological polar surface area (TPSA) is 63.3 Å². The van der Waals surface area contributed by atoms with E-state index in [1.54, 1.807) is 0 Å². The van der Waals surface area contributed by atoms with Crippen LogP contribution in [0.4, 0.5) is 0 Å². The second kappa shape index (κ2) is 3.57. The summed E-state index contributed by atoms with van der Waals surface area (Å²) in [4.78, 5) is 10.4. The number of aliphatic hydroxyl groups is 1. The van der Waals surface area contributed by atoms with Crippen LogP contribution in [0.5, 0.6) is 0 Å². The molecule has 1 atom stereocenters. The maximum absolute atomic E-state index is 10.4. The van der Waals surface area contributed by atoms with Crippen LogP contribution in [0.1, 0.15) is 13.3 Å². The Hall–Kier alpha value is -0.410. The fraction of sp³-hybridized carbons (Fsp3) is 0.800. The number of rotatable bonds is 3. The van der Waals surface area contributed by atoms with E-state index in [9.17, 15) is 4.79 Å². The zero-order chi connectivity index (χ0) is 6.57. The number of nitrogens with two attached hydrogens (primary N) is 1. The third-order valence-electron chi connectivity index (χ3n) is 0.857. The van der Waals surface area contributed by atoms with Crippen LogP contribution >= 0.6 is 0 Å². The predicted molar refractivity (Wildman–Crippen MR) is 30.4 cm³/mol. The second-order valence-electron chi connectivity index (χ2n) is 1.68. The highest BCUT2D eigenvalue weighted by Gasteiger charge is 2.05. The largest absolute Gasteiger partial charge is 0.386 e. The van der Waals surface area contributed by atoms with Crippen molar-refractivity contribution in [2.24, 2.45) is 5.73 Å². The highest BCUT2D eigenvalue weighted by atomic mass is 16.3. The Labute approximate surface area is 48.5 Å². The summed E-state index contributed by atoms with van der Waals surface area (Å²) < 4.78 is 0. The summed E-state index contributed by atoms with van der Waals surface area (Å²) in [5.41, 5.74) is 5.04. The molecule has 0 rings (SSSR count). The molecule has 0 saturated carbocycles. The molecule has 0 aromatic heterocycles. The van der Waals surface area contributed by atoms with Crippen LogP contribution in [0, 0.1) is 0 Å². The average molecular weight is 117 g/mol. The first-order valence-electron chi connectivity index (χ1n) is 2.59. The summed E-state index contributed by atoms with van der Waals surface area (Å²) in [6.45, 7) is 1.77. The fourth-order valence-electron chi connectivity index (χ4n) is 0.351.